The Morgan fingerprint density at radius 3 is 2.54 bits per heavy atom. The van der Waals surface area contributed by atoms with Gasteiger partial charge < -0.3 is 4.90 Å². The maximum atomic E-state index is 13.3. The van der Waals surface area contributed by atoms with Gasteiger partial charge in [0.2, 0.25) is 0 Å². The molecule has 2 heterocycles. The first kappa shape index (κ1) is 19.4. The summed E-state index contributed by atoms with van der Waals surface area (Å²) >= 11 is 0. The summed E-state index contributed by atoms with van der Waals surface area (Å²) in [4.78, 5) is 18.1. The molecule has 1 aromatic rings. The van der Waals surface area contributed by atoms with Gasteiger partial charge in [-0.25, -0.2) is 0 Å². The minimum absolute atomic E-state index is 0.158. The van der Waals surface area contributed by atoms with E-state index in [2.05, 4.69) is 49.5 Å². The number of rotatable bonds is 6. The Morgan fingerprint density at radius 1 is 1.23 bits per heavy atom. The summed E-state index contributed by atoms with van der Waals surface area (Å²) in [7, 11) is 0. The fourth-order valence-electron chi connectivity index (χ4n) is 4.03. The summed E-state index contributed by atoms with van der Waals surface area (Å²) in [5.74, 6) is 1.96. The van der Waals surface area contributed by atoms with Crippen molar-refractivity contribution >= 4 is 5.91 Å². The summed E-state index contributed by atoms with van der Waals surface area (Å²) in [6.45, 7) is 15.7. The second-order valence-corrected chi connectivity index (χ2v) is 8.78. The third kappa shape index (κ3) is 4.30. The van der Waals surface area contributed by atoms with Gasteiger partial charge in [-0.1, -0.05) is 27.7 Å². The van der Waals surface area contributed by atoms with Crippen molar-refractivity contribution in [3.63, 3.8) is 0 Å². The van der Waals surface area contributed by atoms with E-state index in [1.165, 1.54) is 19.4 Å². The van der Waals surface area contributed by atoms with Crippen LogP contribution in [0, 0.1) is 11.8 Å². The van der Waals surface area contributed by atoms with Crippen LogP contribution in [0.25, 0.3) is 0 Å². The minimum atomic E-state index is 0.158. The predicted octanol–water partition coefficient (Wildman–Crippen LogP) is 3.61. The van der Waals surface area contributed by atoms with E-state index in [1.54, 1.807) is 0 Å². The molecule has 0 bridgehead atoms. The molecule has 1 amide bonds. The summed E-state index contributed by atoms with van der Waals surface area (Å²) < 4.78 is 1.88. The van der Waals surface area contributed by atoms with Gasteiger partial charge in [0.25, 0.3) is 5.91 Å². The molecule has 5 heteroatoms. The van der Waals surface area contributed by atoms with Crippen LogP contribution in [0.2, 0.25) is 0 Å². The Labute approximate surface area is 158 Å². The number of nitrogens with zero attached hydrogens (tertiary/aromatic N) is 4. The quantitative estimate of drug-likeness (QED) is 0.778. The summed E-state index contributed by atoms with van der Waals surface area (Å²) in [6, 6.07) is 2.47. The van der Waals surface area contributed by atoms with Crippen LogP contribution >= 0.6 is 0 Å². The molecule has 1 aliphatic carbocycles. The number of aromatic nitrogens is 2. The zero-order valence-corrected chi connectivity index (χ0v) is 17.2. The third-order valence-electron chi connectivity index (χ3n) is 5.91. The molecule has 0 spiro atoms. The van der Waals surface area contributed by atoms with E-state index in [1.807, 2.05) is 10.7 Å². The van der Waals surface area contributed by atoms with Gasteiger partial charge in [0.05, 0.1) is 5.69 Å². The maximum absolute atomic E-state index is 13.3. The van der Waals surface area contributed by atoms with Crippen molar-refractivity contribution < 1.29 is 4.79 Å². The molecule has 2 fully saturated rings. The van der Waals surface area contributed by atoms with Crippen LogP contribution in [-0.4, -0.2) is 57.7 Å². The van der Waals surface area contributed by atoms with Crippen LogP contribution < -0.4 is 0 Å². The molecule has 0 N–H and O–H groups in total. The summed E-state index contributed by atoms with van der Waals surface area (Å²) in [5.41, 5.74) is 1.77. The zero-order valence-electron chi connectivity index (χ0n) is 17.2. The number of carbonyl (C=O) groups is 1. The standard InChI is InChI=1S/C21H36N4O/c1-6-25-19(12-18(22-25)15(2)3)21(26)24-11-7-10-23(13-17-8-9-17)20(14-24)16(4)5/h12,15-17,20H,6-11,13-14H2,1-5H3/t20-/m1/s1. The molecular formula is C21H36N4O. The van der Waals surface area contributed by atoms with E-state index >= 15 is 0 Å². The number of hydrogen-bond acceptors (Lipinski definition) is 3. The fraction of sp³-hybridized carbons (Fsp3) is 0.810. The highest BCUT2D eigenvalue weighted by molar-refractivity contribution is 5.92. The molecule has 146 valence electrons. The Bertz CT molecular complexity index is 618. The van der Waals surface area contributed by atoms with Crippen molar-refractivity contribution in [3.05, 3.63) is 17.5 Å². The van der Waals surface area contributed by atoms with Crippen LogP contribution in [0.4, 0.5) is 0 Å². The van der Waals surface area contributed by atoms with E-state index in [0.717, 1.165) is 49.9 Å². The van der Waals surface area contributed by atoms with E-state index in [4.69, 9.17) is 0 Å². The Hall–Kier alpha value is -1.36. The molecule has 5 nitrogen and oxygen atoms in total. The van der Waals surface area contributed by atoms with Crippen molar-refractivity contribution in [2.45, 2.75) is 72.4 Å². The van der Waals surface area contributed by atoms with Gasteiger partial charge in [-0.05, 0) is 50.0 Å². The molecule has 26 heavy (non-hydrogen) atoms. The average Bonchev–Trinajstić information content (AvgIpc) is 3.34. The lowest BCUT2D eigenvalue weighted by Crippen LogP contribution is -2.46. The van der Waals surface area contributed by atoms with Crippen molar-refractivity contribution in [1.29, 1.82) is 0 Å². The van der Waals surface area contributed by atoms with Crippen LogP contribution in [0.15, 0.2) is 6.07 Å². The highest BCUT2D eigenvalue weighted by Gasteiger charge is 2.34. The Morgan fingerprint density at radius 2 is 1.96 bits per heavy atom. The molecule has 1 atom stereocenters. The van der Waals surface area contributed by atoms with E-state index in [9.17, 15) is 4.79 Å². The topological polar surface area (TPSA) is 41.4 Å². The molecule has 3 rings (SSSR count). The number of hydrogen-bond donors (Lipinski definition) is 0. The molecule has 0 unspecified atom stereocenters. The third-order valence-corrected chi connectivity index (χ3v) is 5.91. The van der Waals surface area contributed by atoms with Crippen LogP contribution in [0.3, 0.4) is 0 Å². The van der Waals surface area contributed by atoms with Gasteiger partial charge in [-0.3, -0.25) is 14.4 Å². The molecule has 1 aromatic heterocycles. The first-order valence-corrected chi connectivity index (χ1v) is 10.5. The average molecular weight is 361 g/mol. The molecule has 2 aliphatic rings. The molecule has 1 saturated carbocycles. The van der Waals surface area contributed by atoms with Gasteiger partial charge in [-0.15, -0.1) is 0 Å². The van der Waals surface area contributed by atoms with Gasteiger partial charge in [-0.2, -0.15) is 5.10 Å². The van der Waals surface area contributed by atoms with Crippen LogP contribution in [-0.2, 0) is 6.54 Å². The van der Waals surface area contributed by atoms with Gasteiger partial charge in [0, 0.05) is 38.8 Å². The van der Waals surface area contributed by atoms with E-state index in [0.29, 0.717) is 17.9 Å². The lowest BCUT2D eigenvalue weighted by atomic mass is 10.0. The van der Waals surface area contributed by atoms with Crippen LogP contribution in [0.1, 0.15) is 76.0 Å². The highest BCUT2D eigenvalue weighted by atomic mass is 16.2. The van der Waals surface area contributed by atoms with Crippen molar-refractivity contribution in [1.82, 2.24) is 19.6 Å². The fourth-order valence-corrected chi connectivity index (χ4v) is 4.03. The normalized spacial score (nSPS) is 22.3. The molecule has 0 radical (unpaired) electrons. The molecule has 1 saturated heterocycles. The monoisotopic (exact) mass is 360 g/mol. The Balaban J connectivity index is 1.78. The number of carbonyl (C=O) groups excluding carboxylic acids is 1. The lowest BCUT2D eigenvalue weighted by Gasteiger charge is -2.34. The number of aryl methyl sites for hydroxylation is 1. The summed E-state index contributed by atoms with van der Waals surface area (Å²) in [6.07, 6.45) is 3.84. The van der Waals surface area contributed by atoms with Gasteiger partial charge in [0.1, 0.15) is 5.69 Å². The molecule has 0 aromatic carbocycles. The smallest absolute Gasteiger partial charge is 0.272 e. The van der Waals surface area contributed by atoms with Crippen molar-refractivity contribution in [2.24, 2.45) is 11.8 Å². The van der Waals surface area contributed by atoms with Gasteiger partial charge in [0.15, 0.2) is 0 Å². The van der Waals surface area contributed by atoms with E-state index in [-0.39, 0.29) is 5.91 Å². The minimum Gasteiger partial charge on any atom is -0.336 e. The van der Waals surface area contributed by atoms with Crippen LogP contribution in [0.5, 0.6) is 0 Å². The first-order valence-electron chi connectivity index (χ1n) is 10.5. The summed E-state index contributed by atoms with van der Waals surface area (Å²) in [5, 5.41) is 4.64. The predicted molar refractivity (Wildman–Crippen MR) is 105 cm³/mol. The highest BCUT2D eigenvalue weighted by Crippen LogP contribution is 2.32. The molecule has 1 aliphatic heterocycles. The van der Waals surface area contributed by atoms with Crippen molar-refractivity contribution in [3.8, 4) is 0 Å². The lowest BCUT2D eigenvalue weighted by molar-refractivity contribution is 0.0692. The Kier molecular flexibility index (Phi) is 6.06. The van der Waals surface area contributed by atoms with Crippen molar-refractivity contribution in [2.75, 3.05) is 26.2 Å². The second kappa shape index (κ2) is 8.12. The SMILES string of the molecule is CCn1nc(C(C)C)cc1C(=O)N1CCCN(CC2CC2)[C@@H](C(C)C)C1. The largest absolute Gasteiger partial charge is 0.336 e. The first-order chi connectivity index (χ1) is 12.4. The number of amides is 1. The zero-order chi connectivity index (χ0) is 18.8. The molecular weight excluding hydrogens is 324 g/mol. The second-order valence-electron chi connectivity index (χ2n) is 8.78. The van der Waals surface area contributed by atoms with E-state index < -0.39 is 0 Å². The maximum Gasteiger partial charge on any atom is 0.272 e. The van der Waals surface area contributed by atoms with Gasteiger partial charge >= 0.3 is 0 Å².